The molecule has 0 saturated carbocycles. The largest absolute Gasteiger partial charge is 0.431 e. The molecule has 1 aliphatic heterocycles. The summed E-state index contributed by atoms with van der Waals surface area (Å²) in [6, 6.07) is 13.7. The third kappa shape index (κ3) is 4.13. The lowest BCUT2D eigenvalue weighted by Gasteiger charge is -2.34. The molecule has 3 aromatic rings. The average Bonchev–Trinajstić information content (AvgIpc) is 2.77. The number of fused-ring (bicyclic) bond motifs is 1. The standard InChI is InChI=1S/C21H18F3N3O4S/c22-21(23,24)18-8-7-17(19(28)25-18)20(29)26-9-11-27(12-10-26)32(30,31)16-6-5-14-3-1-2-4-15(14)13-16/h1-8,13H,9-12H2,(H,25,28). The summed E-state index contributed by atoms with van der Waals surface area (Å²) < 4.78 is 65.4. The fraction of sp³-hybridized carbons (Fsp3) is 0.238. The number of carbonyl (C=O) groups excluding carboxylic acids is 1. The highest BCUT2D eigenvalue weighted by Crippen LogP contribution is 2.27. The van der Waals surface area contributed by atoms with Crippen LogP contribution in [0.25, 0.3) is 10.8 Å². The number of H-pyrrole nitrogens is 1. The number of rotatable bonds is 3. The van der Waals surface area contributed by atoms with Crippen molar-refractivity contribution in [3.8, 4) is 0 Å². The van der Waals surface area contributed by atoms with Gasteiger partial charge < -0.3 is 9.88 Å². The molecule has 0 atom stereocenters. The van der Waals surface area contributed by atoms with E-state index in [1.165, 1.54) is 15.3 Å². The van der Waals surface area contributed by atoms with Crippen molar-refractivity contribution in [1.29, 1.82) is 0 Å². The lowest BCUT2D eigenvalue weighted by atomic mass is 10.1. The molecule has 0 bridgehead atoms. The van der Waals surface area contributed by atoms with Crippen molar-refractivity contribution in [3.63, 3.8) is 0 Å². The van der Waals surface area contributed by atoms with Crippen LogP contribution in [0.15, 0.2) is 64.3 Å². The van der Waals surface area contributed by atoms with Gasteiger partial charge in [0.05, 0.1) is 4.90 Å². The van der Waals surface area contributed by atoms with E-state index < -0.39 is 38.9 Å². The third-order valence-electron chi connectivity index (χ3n) is 5.33. The Morgan fingerprint density at radius 1 is 0.906 bits per heavy atom. The fourth-order valence-corrected chi connectivity index (χ4v) is 5.04. The maximum absolute atomic E-state index is 13.0. The molecule has 1 N–H and O–H groups in total. The van der Waals surface area contributed by atoms with E-state index in [0.717, 1.165) is 16.8 Å². The Balaban J connectivity index is 1.48. The van der Waals surface area contributed by atoms with Crippen molar-refractivity contribution in [2.24, 2.45) is 0 Å². The number of aromatic amines is 1. The van der Waals surface area contributed by atoms with Crippen LogP contribution in [0.3, 0.4) is 0 Å². The predicted octanol–water partition coefficient (Wildman–Crippen LogP) is 2.69. The molecule has 11 heteroatoms. The molecule has 32 heavy (non-hydrogen) atoms. The number of nitrogens with zero attached hydrogens (tertiary/aromatic N) is 2. The van der Waals surface area contributed by atoms with Crippen LogP contribution in [0.5, 0.6) is 0 Å². The molecule has 1 amide bonds. The number of halogens is 3. The first-order valence-corrected chi connectivity index (χ1v) is 11.1. The smallest absolute Gasteiger partial charge is 0.336 e. The van der Waals surface area contributed by atoms with Crippen LogP contribution in [-0.2, 0) is 16.2 Å². The second-order valence-electron chi connectivity index (χ2n) is 7.32. The SMILES string of the molecule is O=C(c1ccc(C(F)(F)F)[nH]c1=O)N1CCN(S(=O)(=O)c2ccc3ccccc3c2)CC1. The molecule has 1 saturated heterocycles. The van der Waals surface area contributed by atoms with Gasteiger partial charge in [-0.15, -0.1) is 0 Å². The second-order valence-corrected chi connectivity index (χ2v) is 9.26. The van der Waals surface area contributed by atoms with Crippen LogP contribution < -0.4 is 5.56 Å². The molecular formula is C21H18F3N3O4S. The molecule has 4 rings (SSSR count). The van der Waals surface area contributed by atoms with E-state index in [-0.39, 0.29) is 31.1 Å². The zero-order valence-electron chi connectivity index (χ0n) is 16.6. The molecule has 0 unspecified atom stereocenters. The quantitative estimate of drug-likeness (QED) is 0.644. The number of hydrogen-bond donors (Lipinski definition) is 1. The van der Waals surface area contributed by atoms with Gasteiger partial charge in [0.2, 0.25) is 10.0 Å². The van der Waals surface area contributed by atoms with Crippen molar-refractivity contribution in [2.75, 3.05) is 26.2 Å². The topological polar surface area (TPSA) is 90.6 Å². The highest BCUT2D eigenvalue weighted by atomic mass is 32.2. The van der Waals surface area contributed by atoms with Gasteiger partial charge >= 0.3 is 6.18 Å². The maximum atomic E-state index is 13.0. The Kier molecular flexibility index (Phi) is 5.55. The predicted molar refractivity (Wildman–Crippen MR) is 111 cm³/mol. The van der Waals surface area contributed by atoms with Gasteiger partial charge in [0.1, 0.15) is 11.3 Å². The van der Waals surface area contributed by atoms with E-state index in [4.69, 9.17) is 0 Å². The van der Waals surface area contributed by atoms with Crippen LogP contribution in [-0.4, -0.2) is 54.7 Å². The minimum absolute atomic E-state index is 0.000556. The Morgan fingerprint density at radius 3 is 2.19 bits per heavy atom. The van der Waals surface area contributed by atoms with Crippen molar-refractivity contribution < 1.29 is 26.4 Å². The number of piperazine rings is 1. The van der Waals surface area contributed by atoms with E-state index in [2.05, 4.69) is 0 Å². The molecule has 1 aliphatic rings. The maximum Gasteiger partial charge on any atom is 0.431 e. The van der Waals surface area contributed by atoms with Crippen LogP contribution in [0.1, 0.15) is 16.1 Å². The molecule has 0 radical (unpaired) electrons. The molecule has 168 valence electrons. The number of aromatic nitrogens is 1. The highest BCUT2D eigenvalue weighted by molar-refractivity contribution is 7.89. The number of carbonyl (C=O) groups is 1. The van der Waals surface area contributed by atoms with E-state index >= 15 is 0 Å². The lowest BCUT2D eigenvalue weighted by molar-refractivity contribution is -0.141. The Labute approximate surface area is 181 Å². The first-order chi connectivity index (χ1) is 15.1. The summed E-state index contributed by atoms with van der Waals surface area (Å²) in [6.07, 6.45) is -4.73. The summed E-state index contributed by atoms with van der Waals surface area (Å²) in [4.78, 5) is 27.6. The number of benzene rings is 2. The van der Waals surface area contributed by atoms with E-state index in [0.29, 0.717) is 6.07 Å². The van der Waals surface area contributed by atoms with Crippen LogP contribution in [0.2, 0.25) is 0 Å². The van der Waals surface area contributed by atoms with Gasteiger partial charge in [0.25, 0.3) is 11.5 Å². The number of hydrogen-bond acceptors (Lipinski definition) is 4. The highest BCUT2D eigenvalue weighted by Gasteiger charge is 2.34. The molecule has 2 heterocycles. The molecule has 0 spiro atoms. The van der Waals surface area contributed by atoms with Crippen LogP contribution in [0, 0.1) is 0 Å². The normalized spacial score (nSPS) is 15.8. The number of nitrogens with one attached hydrogen (secondary N) is 1. The molecule has 2 aromatic carbocycles. The van der Waals surface area contributed by atoms with Gasteiger partial charge in [-0.05, 0) is 35.0 Å². The molecule has 1 aromatic heterocycles. The van der Waals surface area contributed by atoms with E-state index in [1.54, 1.807) is 17.1 Å². The van der Waals surface area contributed by atoms with Gasteiger partial charge in [0, 0.05) is 26.2 Å². The zero-order chi connectivity index (χ0) is 23.1. The Bertz CT molecular complexity index is 1340. The summed E-state index contributed by atoms with van der Waals surface area (Å²) in [6.45, 7) is 0.0110. The summed E-state index contributed by atoms with van der Waals surface area (Å²) in [7, 11) is -3.79. The monoisotopic (exact) mass is 465 g/mol. The Morgan fingerprint density at radius 2 is 1.56 bits per heavy atom. The fourth-order valence-electron chi connectivity index (χ4n) is 3.59. The summed E-state index contributed by atoms with van der Waals surface area (Å²) in [5, 5.41) is 1.69. The molecule has 0 aliphatic carbocycles. The van der Waals surface area contributed by atoms with Crippen LogP contribution in [0.4, 0.5) is 13.2 Å². The van der Waals surface area contributed by atoms with Gasteiger partial charge in [-0.1, -0.05) is 30.3 Å². The van der Waals surface area contributed by atoms with E-state index in [9.17, 15) is 31.2 Å². The second kappa shape index (κ2) is 8.06. The number of sulfonamides is 1. The molecule has 7 nitrogen and oxygen atoms in total. The van der Waals surface area contributed by atoms with Crippen LogP contribution >= 0.6 is 0 Å². The van der Waals surface area contributed by atoms with Crippen molar-refractivity contribution in [3.05, 3.63) is 76.2 Å². The summed E-state index contributed by atoms with van der Waals surface area (Å²) in [5.74, 6) is -0.747. The molecule has 1 fully saturated rings. The average molecular weight is 465 g/mol. The number of amides is 1. The third-order valence-corrected chi connectivity index (χ3v) is 7.22. The first-order valence-electron chi connectivity index (χ1n) is 9.66. The molecular weight excluding hydrogens is 447 g/mol. The van der Waals surface area contributed by atoms with Gasteiger partial charge in [-0.2, -0.15) is 17.5 Å². The van der Waals surface area contributed by atoms with Crippen molar-refractivity contribution in [1.82, 2.24) is 14.2 Å². The minimum Gasteiger partial charge on any atom is -0.336 e. The summed E-state index contributed by atoms with van der Waals surface area (Å²) in [5.41, 5.74) is -2.81. The van der Waals surface area contributed by atoms with Gasteiger partial charge in [0.15, 0.2) is 0 Å². The van der Waals surface area contributed by atoms with Gasteiger partial charge in [-0.25, -0.2) is 8.42 Å². The van der Waals surface area contributed by atoms with Crippen molar-refractivity contribution >= 4 is 26.7 Å². The minimum atomic E-state index is -4.73. The Hall–Kier alpha value is -3.18. The number of pyridine rings is 1. The number of alkyl halides is 3. The van der Waals surface area contributed by atoms with Gasteiger partial charge in [-0.3, -0.25) is 9.59 Å². The lowest BCUT2D eigenvalue weighted by Crippen LogP contribution is -2.51. The van der Waals surface area contributed by atoms with E-state index in [1.807, 2.05) is 24.3 Å². The first kappa shape index (κ1) is 22.0. The zero-order valence-corrected chi connectivity index (χ0v) is 17.4. The summed E-state index contributed by atoms with van der Waals surface area (Å²) >= 11 is 0. The van der Waals surface area contributed by atoms with Crippen molar-refractivity contribution in [2.45, 2.75) is 11.1 Å².